The number of aliphatic hydroxyl groups excluding tert-OH is 1. The van der Waals surface area contributed by atoms with Crippen LogP contribution in [-0.4, -0.2) is 51.5 Å². The number of nitrogens with zero attached hydrogens (tertiary/aromatic N) is 3. The number of pyridine rings is 1. The largest absolute Gasteiger partial charge is 0.393 e. The normalized spacial score (nSPS) is 23.8. The second kappa shape index (κ2) is 7.32. The van der Waals surface area contributed by atoms with Crippen LogP contribution < -0.4 is 10.6 Å². The van der Waals surface area contributed by atoms with Crippen molar-refractivity contribution < 1.29 is 9.84 Å². The van der Waals surface area contributed by atoms with Crippen molar-refractivity contribution in [3.05, 3.63) is 18.0 Å². The summed E-state index contributed by atoms with van der Waals surface area (Å²) in [4.78, 5) is 14.0. The zero-order valence-corrected chi connectivity index (χ0v) is 15.4. The molecule has 2 aromatic rings. The Kier molecular flexibility index (Phi) is 4.91. The first-order valence-corrected chi connectivity index (χ1v) is 9.55. The summed E-state index contributed by atoms with van der Waals surface area (Å²) in [5, 5.41) is 17.6. The highest BCUT2D eigenvalue weighted by atomic mass is 16.5. The van der Waals surface area contributed by atoms with E-state index in [2.05, 4.69) is 40.5 Å². The summed E-state index contributed by atoms with van der Waals surface area (Å²) in [5.41, 5.74) is 1.88. The zero-order valence-electron chi connectivity index (χ0n) is 15.4. The molecule has 0 atom stereocenters. The summed E-state index contributed by atoms with van der Waals surface area (Å²) >= 11 is 0. The second-order valence-electron chi connectivity index (χ2n) is 7.71. The molecule has 0 radical (unpaired) electrons. The minimum atomic E-state index is -0.165. The van der Waals surface area contributed by atoms with E-state index >= 15 is 0 Å². The Labute approximate surface area is 153 Å². The first-order chi connectivity index (χ1) is 12.6. The number of rotatable bonds is 5. The minimum absolute atomic E-state index is 0.165. The van der Waals surface area contributed by atoms with Gasteiger partial charge in [-0.1, -0.05) is 0 Å². The molecule has 0 amide bonds. The molecule has 4 rings (SSSR count). The lowest BCUT2D eigenvalue weighted by molar-refractivity contribution is 0.00678. The van der Waals surface area contributed by atoms with Crippen molar-refractivity contribution in [3.8, 4) is 0 Å². The van der Waals surface area contributed by atoms with Crippen LogP contribution in [0.3, 0.4) is 0 Å². The molecule has 3 N–H and O–H groups in total. The van der Waals surface area contributed by atoms with Gasteiger partial charge in [-0.15, -0.1) is 0 Å². The minimum Gasteiger partial charge on any atom is -0.393 e. The molecule has 7 nitrogen and oxygen atoms in total. The van der Waals surface area contributed by atoms with Crippen molar-refractivity contribution in [2.24, 2.45) is 0 Å². The maximum absolute atomic E-state index is 9.69. The fraction of sp³-hybridized carbons (Fsp3) is 0.632. The van der Waals surface area contributed by atoms with Crippen LogP contribution in [-0.2, 0) is 4.74 Å². The number of aromatic nitrogens is 3. The Hall–Kier alpha value is -1.99. The molecule has 3 heterocycles. The molecule has 1 aliphatic heterocycles. The Morgan fingerprint density at radius 2 is 1.92 bits per heavy atom. The van der Waals surface area contributed by atoms with Gasteiger partial charge in [-0.05, 0) is 45.6 Å². The molecule has 0 unspecified atom stereocenters. The SMILES string of the molecule is CC(C)Nc1nc(NC2CCC(O)CC2)nc2cnc(C3COC3)cc12. The van der Waals surface area contributed by atoms with Crippen molar-refractivity contribution in [1.29, 1.82) is 0 Å². The Balaban J connectivity index is 1.63. The van der Waals surface area contributed by atoms with E-state index in [1.54, 1.807) is 0 Å². The van der Waals surface area contributed by atoms with Crippen LogP contribution in [0.15, 0.2) is 12.3 Å². The number of hydrogen-bond donors (Lipinski definition) is 3. The third-order valence-electron chi connectivity index (χ3n) is 5.11. The monoisotopic (exact) mass is 357 g/mol. The lowest BCUT2D eigenvalue weighted by Gasteiger charge is -2.27. The summed E-state index contributed by atoms with van der Waals surface area (Å²) in [6.07, 6.45) is 5.21. The van der Waals surface area contributed by atoms with E-state index in [1.807, 2.05) is 6.20 Å². The summed E-state index contributed by atoms with van der Waals surface area (Å²) in [6, 6.07) is 2.67. The van der Waals surface area contributed by atoms with E-state index in [9.17, 15) is 5.11 Å². The molecule has 7 heteroatoms. The highest BCUT2D eigenvalue weighted by molar-refractivity contribution is 5.90. The standard InChI is InChI=1S/C19H27N5O2/c1-11(2)21-18-15-7-16(12-9-26-10-12)20-8-17(15)23-19(24-18)22-13-3-5-14(25)6-4-13/h7-8,11-14,25H,3-6,9-10H2,1-2H3,(H2,21,22,23,24). The summed E-state index contributed by atoms with van der Waals surface area (Å²) in [6.45, 7) is 5.68. The third kappa shape index (κ3) is 3.73. The average Bonchev–Trinajstić information content (AvgIpc) is 2.55. The maximum atomic E-state index is 9.69. The molecule has 0 aromatic carbocycles. The maximum Gasteiger partial charge on any atom is 0.225 e. The van der Waals surface area contributed by atoms with Gasteiger partial charge in [-0.25, -0.2) is 4.98 Å². The van der Waals surface area contributed by atoms with E-state index in [0.29, 0.717) is 17.9 Å². The molecule has 1 saturated heterocycles. The molecular weight excluding hydrogens is 330 g/mol. The van der Waals surface area contributed by atoms with E-state index in [1.165, 1.54) is 0 Å². The van der Waals surface area contributed by atoms with Crippen LogP contribution in [0.2, 0.25) is 0 Å². The highest BCUT2D eigenvalue weighted by Crippen LogP contribution is 2.29. The van der Waals surface area contributed by atoms with E-state index in [4.69, 9.17) is 9.72 Å². The zero-order chi connectivity index (χ0) is 18.1. The Bertz CT molecular complexity index is 770. The number of anilines is 2. The van der Waals surface area contributed by atoms with Crippen molar-refractivity contribution in [1.82, 2.24) is 15.0 Å². The van der Waals surface area contributed by atoms with Crippen LogP contribution in [0.5, 0.6) is 0 Å². The molecule has 0 spiro atoms. The van der Waals surface area contributed by atoms with Gasteiger partial charge < -0.3 is 20.5 Å². The number of nitrogens with one attached hydrogen (secondary N) is 2. The van der Waals surface area contributed by atoms with E-state index < -0.39 is 0 Å². The molecule has 26 heavy (non-hydrogen) atoms. The van der Waals surface area contributed by atoms with Crippen LogP contribution >= 0.6 is 0 Å². The fourth-order valence-corrected chi connectivity index (χ4v) is 3.53. The Morgan fingerprint density at radius 3 is 2.58 bits per heavy atom. The second-order valence-corrected chi connectivity index (χ2v) is 7.71. The first kappa shape index (κ1) is 17.4. The Morgan fingerprint density at radius 1 is 1.15 bits per heavy atom. The van der Waals surface area contributed by atoms with E-state index in [0.717, 1.165) is 61.3 Å². The molecule has 0 bridgehead atoms. The van der Waals surface area contributed by atoms with Crippen LogP contribution in [0.25, 0.3) is 10.9 Å². The van der Waals surface area contributed by atoms with Gasteiger partial charge in [0.25, 0.3) is 0 Å². The van der Waals surface area contributed by atoms with Crippen LogP contribution in [0, 0.1) is 0 Å². The smallest absolute Gasteiger partial charge is 0.225 e. The molecular formula is C19H27N5O2. The average molecular weight is 357 g/mol. The van der Waals surface area contributed by atoms with Gasteiger partial charge >= 0.3 is 0 Å². The summed E-state index contributed by atoms with van der Waals surface area (Å²) < 4.78 is 5.29. The van der Waals surface area contributed by atoms with Gasteiger partial charge in [0.15, 0.2) is 0 Å². The van der Waals surface area contributed by atoms with Crippen molar-refractivity contribution >= 4 is 22.7 Å². The lowest BCUT2D eigenvalue weighted by atomic mass is 9.93. The van der Waals surface area contributed by atoms with Gasteiger partial charge in [0, 0.05) is 29.1 Å². The fourth-order valence-electron chi connectivity index (χ4n) is 3.53. The van der Waals surface area contributed by atoms with Gasteiger partial charge in [-0.3, -0.25) is 4.98 Å². The molecule has 140 valence electrons. The predicted molar refractivity (Wildman–Crippen MR) is 102 cm³/mol. The van der Waals surface area contributed by atoms with Crippen molar-refractivity contribution in [2.45, 2.75) is 63.6 Å². The molecule has 2 aliphatic rings. The third-order valence-corrected chi connectivity index (χ3v) is 5.11. The van der Waals surface area contributed by atoms with Gasteiger partial charge in [0.2, 0.25) is 5.95 Å². The first-order valence-electron chi connectivity index (χ1n) is 9.55. The predicted octanol–water partition coefficient (Wildman–Crippen LogP) is 2.67. The number of hydrogen-bond acceptors (Lipinski definition) is 7. The number of fused-ring (bicyclic) bond motifs is 1. The van der Waals surface area contributed by atoms with Crippen LogP contribution in [0.1, 0.15) is 51.1 Å². The lowest BCUT2D eigenvalue weighted by Crippen LogP contribution is -2.29. The van der Waals surface area contributed by atoms with Gasteiger partial charge in [-0.2, -0.15) is 4.98 Å². The molecule has 1 saturated carbocycles. The topological polar surface area (TPSA) is 92.2 Å². The van der Waals surface area contributed by atoms with Crippen LogP contribution in [0.4, 0.5) is 11.8 Å². The highest BCUT2D eigenvalue weighted by Gasteiger charge is 2.24. The molecule has 1 aliphatic carbocycles. The summed E-state index contributed by atoms with van der Waals surface area (Å²) in [7, 11) is 0. The molecule has 2 aromatic heterocycles. The number of ether oxygens (including phenoxy) is 1. The van der Waals surface area contributed by atoms with Crippen molar-refractivity contribution in [2.75, 3.05) is 23.8 Å². The quantitative estimate of drug-likeness (QED) is 0.757. The van der Waals surface area contributed by atoms with Crippen molar-refractivity contribution in [3.63, 3.8) is 0 Å². The number of aliphatic hydroxyl groups is 1. The van der Waals surface area contributed by atoms with E-state index in [-0.39, 0.29) is 12.1 Å². The summed E-state index contributed by atoms with van der Waals surface area (Å²) in [5.74, 6) is 1.84. The van der Waals surface area contributed by atoms with Gasteiger partial charge in [0.1, 0.15) is 5.82 Å². The molecule has 2 fully saturated rings. The van der Waals surface area contributed by atoms with Gasteiger partial charge in [0.05, 0.1) is 31.0 Å².